The van der Waals surface area contributed by atoms with Crippen LogP contribution in [-0.4, -0.2) is 24.0 Å². The molecule has 0 saturated heterocycles. The summed E-state index contributed by atoms with van der Waals surface area (Å²) >= 11 is 1.40. The first-order valence-corrected chi connectivity index (χ1v) is 8.56. The lowest BCUT2D eigenvalue weighted by Gasteiger charge is -2.66. The normalized spacial score (nSPS) is 26.9. The summed E-state index contributed by atoms with van der Waals surface area (Å²) in [4.78, 5) is 28.4. The van der Waals surface area contributed by atoms with Gasteiger partial charge in [0.2, 0.25) is 5.91 Å². The quantitative estimate of drug-likeness (QED) is 0.832. The van der Waals surface area contributed by atoms with Crippen LogP contribution in [-0.2, 0) is 14.3 Å². The Kier molecular flexibility index (Phi) is 3.18. The fourth-order valence-electron chi connectivity index (χ4n) is 3.87. The zero-order valence-corrected chi connectivity index (χ0v) is 14.0. The summed E-state index contributed by atoms with van der Waals surface area (Å²) in [6, 6.07) is 7.51. The maximum absolute atomic E-state index is 12.5. The summed E-state index contributed by atoms with van der Waals surface area (Å²) in [5, 5.41) is 5.38. The Morgan fingerprint density at radius 3 is 2.42 bits per heavy atom. The molecule has 1 amide bonds. The number of nitrogens with zero attached hydrogens (tertiary/aromatic N) is 1. The Morgan fingerprint density at radius 2 is 1.88 bits per heavy atom. The molecule has 0 atom stereocenters. The van der Waals surface area contributed by atoms with Gasteiger partial charge in [-0.2, -0.15) is 0 Å². The van der Waals surface area contributed by atoms with Crippen LogP contribution >= 0.6 is 11.3 Å². The minimum Gasteiger partial charge on any atom is -0.469 e. The SMILES string of the molecule is COC(=O)C12CC(C(=O)Nc3ccc(-c4csc(N)n4)cc3)(C1)C2. The summed E-state index contributed by atoms with van der Waals surface area (Å²) in [5.74, 6) is -0.206. The highest BCUT2D eigenvalue weighted by molar-refractivity contribution is 7.13. The first kappa shape index (κ1) is 15.1. The predicted molar refractivity (Wildman–Crippen MR) is 91.3 cm³/mol. The van der Waals surface area contributed by atoms with Gasteiger partial charge in [0.15, 0.2) is 5.13 Å². The van der Waals surface area contributed by atoms with Crippen molar-refractivity contribution < 1.29 is 14.3 Å². The standard InChI is InChI=1S/C17H17N3O3S/c1-23-14(22)17-7-16(8-17,9-17)13(21)19-11-4-2-10(3-5-11)12-6-24-15(18)20-12/h2-6H,7-9H2,1H3,(H2,18,20)(H,19,21). The Labute approximate surface area is 143 Å². The number of benzene rings is 1. The predicted octanol–water partition coefficient (Wildman–Crippen LogP) is 2.67. The molecule has 2 bridgehead atoms. The van der Waals surface area contributed by atoms with E-state index in [-0.39, 0.29) is 11.9 Å². The molecule has 124 valence electrons. The van der Waals surface area contributed by atoms with Crippen LogP contribution in [0.5, 0.6) is 0 Å². The number of carbonyl (C=O) groups is 2. The first-order chi connectivity index (χ1) is 11.5. The van der Waals surface area contributed by atoms with Crippen LogP contribution in [0.15, 0.2) is 29.6 Å². The smallest absolute Gasteiger partial charge is 0.311 e. The Balaban J connectivity index is 1.40. The number of aromatic nitrogens is 1. The lowest BCUT2D eigenvalue weighted by atomic mass is 9.35. The monoisotopic (exact) mass is 343 g/mol. The van der Waals surface area contributed by atoms with E-state index in [1.165, 1.54) is 18.4 Å². The van der Waals surface area contributed by atoms with E-state index in [2.05, 4.69) is 10.3 Å². The van der Waals surface area contributed by atoms with Gasteiger partial charge in [-0.15, -0.1) is 11.3 Å². The van der Waals surface area contributed by atoms with Crippen LogP contribution in [0.25, 0.3) is 11.3 Å². The molecule has 3 aliphatic carbocycles. The van der Waals surface area contributed by atoms with Crippen molar-refractivity contribution in [2.75, 3.05) is 18.2 Å². The second kappa shape index (κ2) is 5.04. The van der Waals surface area contributed by atoms with Crippen molar-refractivity contribution in [2.24, 2.45) is 10.8 Å². The van der Waals surface area contributed by atoms with E-state index in [1.54, 1.807) is 0 Å². The van der Waals surface area contributed by atoms with Gasteiger partial charge >= 0.3 is 5.97 Å². The maximum atomic E-state index is 12.5. The molecule has 2 aromatic rings. The van der Waals surface area contributed by atoms with Crippen molar-refractivity contribution in [2.45, 2.75) is 19.3 Å². The highest BCUT2D eigenvalue weighted by atomic mass is 32.1. The fraction of sp³-hybridized carbons (Fsp3) is 0.353. The van der Waals surface area contributed by atoms with Crippen LogP contribution in [0, 0.1) is 10.8 Å². The van der Waals surface area contributed by atoms with E-state index in [9.17, 15) is 9.59 Å². The maximum Gasteiger partial charge on any atom is 0.311 e. The lowest BCUT2D eigenvalue weighted by molar-refractivity contribution is -0.220. The summed E-state index contributed by atoms with van der Waals surface area (Å²) in [6.07, 6.45) is 1.78. The molecule has 7 heteroatoms. The number of carbonyl (C=O) groups excluding carboxylic acids is 2. The summed E-state index contributed by atoms with van der Waals surface area (Å²) in [5.41, 5.74) is 7.37. The Morgan fingerprint density at radius 1 is 1.21 bits per heavy atom. The van der Waals surface area contributed by atoms with Gasteiger partial charge in [-0.1, -0.05) is 12.1 Å². The number of rotatable bonds is 4. The number of hydrogen-bond donors (Lipinski definition) is 2. The molecule has 3 N–H and O–H groups in total. The molecule has 0 spiro atoms. The number of amides is 1. The van der Waals surface area contributed by atoms with Crippen LogP contribution in [0.2, 0.25) is 0 Å². The van der Waals surface area contributed by atoms with Gasteiger partial charge in [-0.05, 0) is 31.4 Å². The highest BCUT2D eigenvalue weighted by Crippen LogP contribution is 2.73. The van der Waals surface area contributed by atoms with Crippen molar-refractivity contribution in [3.05, 3.63) is 29.6 Å². The average molecular weight is 343 g/mol. The van der Waals surface area contributed by atoms with E-state index < -0.39 is 10.8 Å². The number of anilines is 2. The topological polar surface area (TPSA) is 94.3 Å². The van der Waals surface area contributed by atoms with E-state index in [4.69, 9.17) is 10.5 Å². The van der Waals surface area contributed by atoms with Crippen molar-refractivity contribution in [3.8, 4) is 11.3 Å². The van der Waals surface area contributed by atoms with Crippen molar-refractivity contribution in [1.29, 1.82) is 0 Å². The van der Waals surface area contributed by atoms with Gasteiger partial charge in [0.25, 0.3) is 0 Å². The van der Waals surface area contributed by atoms with Crippen molar-refractivity contribution >= 4 is 34.0 Å². The lowest BCUT2D eigenvalue weighted by Crippen LogP contribution is -2.69. The molecule has 1 aromatic carbocycles. The summed E-state index contributed by atoms with van der Waals surface area (Å²) in [6.45, 7) is 0. The zero-order valence-electron chi connectivity index (χ0n) is 13.2. The molecule has 3 aliphatic rings. The van der Waals surface area contributed by atoms with Gasteiger partial charge < -0.3 is 15.8 Å². The molecular weight excluding hydrogens is 326 g/mol. The van der Waals surface area contributed by atoms with Crippen LogP contribution in [0.4, 0.5) is 10.8 Å². The molecule has 3 saturated carbocycles. The number of hydrogen-bond acceptors (Lipinski definition) is 6. The molecular formula is C17H17N3O3S. The minimum absolute atomic E-state index is 0.0149. The van der Waals surface area contributed by atoms with E-state index >= 15 is 0 Å². The fourth-order valence-corrected chi connectivity index (χ4v) is 4.44. The first-order valence-electron chi connectivity index (χ1n) is 7.68. The molecule has 5 rings (SSSR count). The average Bonchev–Trinajstić information content (AvgIpc) is 2.91. The second-order valence-electron chi connectivity index (χ2n) is 6.69. The number of esters is 1. The van der Waals surface area contributed by atoms with E-state index in [0.29, 0.717) is 24.4 Å². The van der Waals surface area contributed by atoms with Gasteiger partial charge in [0.1, 0.15) is 0 Å². The molecule has 0 aliphatic heterocycles. The van der Waals surface area contributed by atoms with Gasteiger partial charge in [0.05, 0.1) is 23.6 Å². The molecule has 0 radical (unpaired) electrons. The third kappa shape index (κ3) is 2.11. The number of nitrogen functional groups attached to an aromatic ring is 1. The number of thiazole rings is 1. The minimum atomic E-state index is -0.402. The third-order valence-corrected chi connectivity index (χ3v) is 5.76. The van der Waals surface area contributed by atoms with E-state index in [1.807, 2.05) is 29.6 Å². The number of nitrogens with two attached hydrogens (primary N) is 1. The second-order valence-corrected chi connectivity index (χ2v) is 7.57. The highest BCUT2D eigenvalue weighted by Gasteiger charge is 2.75. The Bertz CT molecular complexity index is 808. The number of methoxy groups -OCH3 is 1. The largest absolute Gasteiger partial charge is 0.469 e. The number of nitrogens with one attached hydrogen (secondary N) is 1. The zero-order chi connectivity index (χ0) is 16.9. The molecule has 1 heterocycles. The van der Waals surface area contributed by atoms with Crippen LogP contribution in [0.3, 0.4) is 0 Å². The molecule has 3 fully saturated rings. The van der Waals surface area contributed by atoms with Gasteiger partial charge in [-0.3, -0.25) is 9.59 Å². The Hall–Kier alpha value is -2.41. The van der Waals surface area contributed by atoms with E-state index in [0.717, 1.165) is 16.9 Å². The van der Waals surface area contributed by atoms with Gasteiger partial charge in [-0.25, -0.2) is 4.98 Å². The molecule has 1 aromatic heterocycles. The summed E-state index contributed by atoms with van der Waals surface area (Å²) < 4.78 is 4.81. The molecule has 24 heavy (non-hydrogen) atoms. The van der Waals surface area contributed by atoms with Gasteiger partial charge in [0, 0.05) is 16.6 Å². The number of ether oxygens (including phenoxy) is 1. The van der Waals surface area contributed by atoms with Crippen LogP contribution < -0.4 is 11.1 Å². The third-order valence-electron chi connectivity index (χ3n) is 5.09. The van der Waals surface area contributed by atoms with Crippen LogP contribution in [0.1, 0.15) is 19.3 Å². The van der Waals surface area contributed by atoms with Crippen molar-refractivity contribution in [3.63, 3.8) is 0 Å². The van der Waals surface area contributed by atoms with Crippen molar-refractivity contribution in [1.82, 2.24) is 4.98 Å². The molecule has 6 nitrogen and oxygen atoms in total. The molecule has 0 unspecified atom stereocenters. The summed E-state index contributed by atoms with van der Waals surface area (Å²) in [7, 11) is 1.40.